The monoisotopic (exact) mass is 454 g/mol. The predicted molar refractivity (Wildman–Crippen MR) is 133 cm³/mol. The molecule has 8 heteroatoms. The molecule has 2 aromatic carbocycles. The number of hydrogen-bond donors (Lipinski definition) is 1. The highest BCUT2D eigenvalue weighted by Crippen LogP contribution is 2.33. The SMILES string of the molecule is CCN1C(=O)Cc2cc(-c3cn4ccnc4c(Nc4ccc(N5CCOCC5)cc4)n3)ccc21. The zero-order valence-corrected chi connectivity index (χ0v) is 19.1. The number of likely N-dealkylation sites (N-methyl/N-ethyl adjacent to an activating group) is 1. The minimum atomic E-state index is 0.149. The Kier molecular flexibility index (Phi) is 5.15. The van der Waals surface area contributed by atoms with E-state index in [1.807, 2.05) is 40.8 Å². The molecule has 2 aromatic heterocycles. The maximum Gasteiger partial charge on any atom is 0.231 e. The molecule has 6 rings (SSSR count). The Morgan fingerprint density at radius 2 is 1.91 bits per heavy atom. The van der Waals surface area contributed by atoms with E-state index in [9.17, 15) is 4.79 Å². The molecule has 34 heavy (non-hydrogen) atoms. The summed E-state index contributed by atoms with van der Waals surface area (Å²) < 4.78 is 7.43. The van der Waals surface area contributed by atoms with E-state index < -0.39 is 0 Å². The fourth-order valence-corrected chi connectivity index (χ4v) is 4.76. The molecule has 1 N–H and O–H groups in total. The fraction of sp³-hybridized carbons (Fsp3) is 0.269. The van der Waals surface area contributed by atoms with Crippen LogP contribution in [0.3, 0.4) is 0 Å². The summed E-state index contributed by atoms with van der Waals surface area (Å²) in [6.45, 7) is 6.04. The molecule has 0 aliphatic carbocycles. The van der Waals surface area contributed by atoms with E-state index in [0.29, 0.717) is 18.8 Å². The summed E-state index contributed by atoms with van der Waals surface area (Å²) in [7, 11) is 0. The van der Waals surface area contributed by atoms with Crippen molar-refractivity contribution >= 4 is 34.4 Å². The lowest BCUT2D eigenvalue weighted by atomic mass is 10.1. The third-order valence-corrected chi connectivity index (χ3v) is 6.51. The van der Waals surface area contributed by atoms with Crippen molar-refractivity contribution in [3.05, 3.63) is 66.6 Å². The highest BCUT2D eigenvalue weighted by atomic mass is 16.5. The van der Waals surface area contributed by atoms with Crippen LogP contribution in [0.25, 0.3) is 16.9 Å². The minimum absolute atomic E-state index is 0.149. The second kappa shape index (κ2) is 8.46. The van der Waals surface area contributed by atoms with E-state index >= 15 is 0 Å². The number of carbonyl (C=O) groups is 1. The number of benzene rings is 2. The largest absolute Gasteiger partial charge is 0.378 e. The molecule has 2 aliphatic heterocycles. The summed E-state index contributed by atoms with van der Waals surface area (Å²) in [5.41, 5.74) is 6.74. The molecule has 172 valence electrons. The highest BCUT2D eigenvalue weighted by Gasteiger charge is 2.26. The van der Waals surface area contributed by atoms with Crippen LogP contribution in [-0.4, -0.2) is 53.1 Å². The molecule has 4 aromatic rings. The van der Waals surface area contributed by atoms with Crippen LogP contribution in [0.5, 0.6) is 0 Å². The first-order chi connectivity index (χ1) is 16.7. The Bertz CT molecular complexity index is 1360. The van der Waals surface area contributed by atoms with Gasteiger partial charge in [0.1, 0.15) is 0 Å². The number of fused-ring (bicyclic) bond motifs is 2. The van der Waals surface area contributed by atoms with E-state index in [-0.39, 0.29) is 5.91 Å². The van der Waals surface area contributed by atoms with E-state index in [0.717, 1.165) is 60.1 Å². The van der Waals surface area contributed by atoms with Crippen LogP contribution >= 0.6 is 0 Å². The summed E-state index contributed by atoms with van der Waals surface area (Å²) in [6.07, 6.45) is 6.10. The number of carbonyl (C=O) groups excluding carboxylic acids is 1. The molecule has 1 amide bonds. The van der Waals surface area contributed by atoms with E-state index in [1.165, 1.54) is 5.69 Å². The number of nitrogens with zero attached hydrogens (tertiary/aromatic N) is 5. The van der Waals surface area contributed by atoms with E-state index in [1.54, 1.807) is 6.20 Å². The Morgan fingerprint density at radius 3 is 2.71 bits per heavy atom. The molecule has 0 spiro atoms. The first kappa shape index (κ1) is 20.7. The first-order valence-corrected chi connectivity index (χ1v) is 11.7. The normalized spacial score (nSPS) is 15.7. The van der Waals surface area contributed by atoms with Crippen molar-refractivity contribution in [2.45, 2.75) is 13.3 Å². The van der Waals surface area contributed by atoms with Gasteiger partial charge in [-0.25, -0.2) is 9.97 Å². The standard InChI is InChI=1S/C26H26N6O2/c1-2-32-23-8-3-18(15-19(23)16-24(32)33)22-17-31-10-9-27-26(31)25(29-22)28-20-4-6-21(7-5-20)30-11-13-34-14-12-30/h3-10,15,17H,2,11-14,16H2,1H3,(H,28,29). The summed E-state index contributed by atoms with van der Waals surface area (Å²) in [6, 6.07) is 14.5. The van der Waals surface area contributed by atoms with Crippen molar-refractivity contribution in [2.75, 3.05) is 48.0 Å². The number of imidazole rings is 1. The molecule has 0 saturated carbocycles. The lowest BCUT2D eigenvalue weighted by Gasteiger charge is -2.28. The summed E-state index contributed by atoms with van der Waals surface area (Å²) in [4.78, 5) is 25.9. The average Bonchev–Trinajstić information content (AvgIpc) is 3.48. The van der Waals surface area contributed by atoms with Crippen molar-refractivity contribution in [1.82, 2.24) is 14.4 Å². The second-order valence-corrected chi connectivity index (χ2v) is 8.56. The zero-order chi connectivity index (χ0) is 23.1. The van der Waals surface area contributed by atoms with E-state index in [4.69, 9.17) is 9.72 Å². The molecule has 8 nitrogen and oxygen atoms in total. The molecule has 0 bridgehead atoms. The van der Waals surface area contributed by atoms with Gasteiger partial charge in [-0.1, -0.05) is 6.07 Å². The summed E-state index contributed by atoms with van der Waals surface area (Å²) >= 11 is 0. The number of anilines is 4. The van der Waals surface area contributed by atoms with Crippen LogP contribution in [0.4, 0.5) is 22.9 Å². The average molecular weight is 455 g/mol. The predicted octanol–water partition coefficient (Wildman–Crippen LogP) is 3.89. The van der Waals surface area contributed by atoms with Crippen molar-refractivity contribution in [1.29, 1.82) is 0 Å². The molecule has 1 fully saturated rings. The van der Waals surface area contributed by atoms with Gasteiger partial charge in [-0.2, -0.15) is 0 Å². The van der Waals surface area contributed by atoms with Gasteiger partial charge < -0.3 is 24.3 Å². The third-order valence-electron chi connectivity index (χ3n) is 6.51. The van der Waals surface area contributed by atoms with Crippen LogP contribution in [-0.2, 0) is 16.0 Å². The molecule has 0 radical (unpaired) electrons. The molecule has 0 unspecified atom stereocenters. The lowest BCUT2D eigenvalue weighted by molar-refractivity contribution is -0.117. The van der Waals surface area contributed by atoms with Gasteiger partial charge in [-0.3, -0.25) is 4.79 Å². The number of hydrogen-bond acceptors (Lipinski definition) is 6. The number of ether oxygens (including phenoxy) is 1. The van der Waals surface area contributed by atoms with Crippen molar-refractivity contribution in [2.24, 2.45) is 0 Å². The second-order valence-electron chi connectivity index (χ2n) is 8.56. The zero-order valence-electron chi connectivity index (χ0n) is 19.1. The number of amides is 1. The third kappa shape index (κ3) is 3.66. The van der Waals surface area contributed by atoms with Crippen LogP contribution < -0.4 is 15.1 Å². The Hall–Kier alpha value is -3.91. The quantitative estimate of drug-likeness (QED) is 0.493. The fourth-order valence-electron chi connectivity index (χ4n) is 4.76. The summed E-state index contributed by atoms with van der Waals surface area (Å²) in [5, 5.41) is 3.45. The number of rotatable bonds is 5. The maximum absolute atomic E-state index is 12.3. The van der Waals surface area contributed by atoms with Crippen molar-refractivity contribution in [3.8, 4) is 11.3 Å². The van der Waals surface area contributed by atoms with Gasteiger partial charge in [0, 0.05) is 60.9 Å². The Labute approximate surface area is 197 Å². The van der Waals surface area contributed by atoms with Crippen molar-refractivity contribution in [3.63, 3.8) is 0 Å². The lowest BCUT2D eigenvalue weighted by Crippen LogP contribution is -2.36. The molecule has 0 atom stereocenters. The van der Waals surface area contributed by atoms with Crippen molar-refractivity contribution < 1.29 is 9.53 Å². The number of morpholine rings is 1. The molecular formula is C26H26N6O2. The Balaban J connectivity index is 1.31. The van der Waals surface area contributed by atoms with Gasteiger partial charge in [0.15, 0.2) is 11.5 Å². The number of nitrogens with one attached hydrogen (secondary N) is 1. The molecule has 4 heterocycles. The highest BCUT2D eigenvalue weighted by molar-refractivity contribution is 6.01. The van der Waals surface area contributed by atoms with Crippen LogP contribution in [0, 0.1) is 0 Å². The molecular weight excluding hydrogens is 428 g/mol. The molecule has 1 saturated heterocycles. The van der Waals surface area contributed by atoms with Gasteiger partial charge >= 0.3 is 0 Å². The topological polar surface area (TPSA) is 75.0 Å². The van der Waals surface area contributed by atoms with Crippen LogP contribution in [0.1, 0.15) is 12.5 Å². The van der Waals surface area contributed by atoms with Gasteiger partial charge in [0.05, 0.1) is 25.3 Å². The van der Waals surface area contributed by atoms with Gasteiger partial charge in [0.25, 0.3) is 0 Å². The van der Waals surface area contributed by atoms with Gasteiger partial charge in [-0.05, 0) is 48.9 Å². The number of aromatic nitrogens is 3. The minimum Gasteiger partial charge on any atom is -0.378 e. The molecule has 2 aliphatic rings. The maximum atomic E-state index is 12.3. The van der Waals surface area contributed by atoms with Crippen LogP contribution in [0.15, 0.2) is 61.1 Å². The Morgan fingerprint density at radius 1 is 1.09 bits per heavy atom. The first-order valence-electron chi connectivity index (χ1n) is 11.7. The smallest absolute Gasteiger partial charge is 0.231 e. The van der Waals surface area contributed by atoms with E-state index in [2.05, 4.69) is 45.5 Å². The van der Waals surface area contributed by atoms with Crippen LogP contribution in [0.2, 0.25) is 0 Å². The summed E-state index contributed by atoms with van der Waals surface area (Å²) in [5.74, 6) is 0.837. The van der Waals surface area contributed by atoms with Gasteiger partial charge in [0.2, 0.25) is 5.91 Å². The van der Waals surface area contributed by atoms with Gasteiger partial charge in [-0.15, -0.1) is 0 Å².